The zero-order chi connectivity index (χ0) is 11.3. The first-order valence-electron chi connectivity index (χ1n) is 4.14. The normalized spacial score (nSPS) is 11.1. The first-order valence-corrected chi connectivity index (χ1v) is 5.54. The lowest BCUT2D eigenvalue weighted by molar-refractivity contribution is 0.340. The largest absolute Gasteiger partial charge is 0.494 e. The second-order valence-electron chi connectivity index (χ2n) is 2.56. The Balaban J connectivity index is 0.00000225. The average molecular weight is 246 g/mol. The van der Waals surface area contributed by atoms with Crippen molar-refractivity contribution in [1.29, 1.82) is 0 Å². The number of nitrogens with zero attached hydrogens (tertiary/aromatic N) is 2. The summed E-state index contributed by atoms with van der Waals surface area (Å²) in [6.07, 6.45) is 0. The molecule has 7 heteroatoms. The van der Waals surface area contributed by atoms with E-state index in [1.165, 1.54) is 12.1 Å². The van der Waals surface area contributed by atoms with Gasteiger partial charge in [-0.3, -0.25) is 4.55 Å². The predicted molar refractivity (Wildman–Crippen MR) is 60.4 cm³/mol. The molecule has 0 saturated heterocycles. The molecule has 0 amide bonds. The van der Waals surface area contributed by atoms with Crippen LogP contribution in [0.15, 0.2) is 33.9 Å². The van der Waals surface area contributed by atoms with Gasteiger partial charge in [0.1, 0.15) is 5.75 Å². The van der Waals surface area contributed by atoms with Gasteiger partial charge in [-0.1, -0.05) is 7.43 Å². The summed E-state index contributed by atoms with van der Waals surface area (Å²) in [4.78, 5) is 0. The van der Waals surface area contributed by atoms with Crippen LogP contribution in [0.5, 0.6) is 5.75 Å². The van der Waals surface area contributed by atoms with E-state index >= 15 is 0 Å². The standard InChI is InChI=1S/C8H10N2O4S.CH4/c1-2-14-8-5-3-7(4-6-8)9-10-15(11,12)13;/h3-6H,2H2,1H3,(H,11,12,13);1H4. The Hall–Kier alpha value is -1.47. The van der Waals surface area contributed by atoms with Crippen LogP contribution in [-0.4, -0.2) is 19.6 Å². The Bertz CT molecular complexity index is 439. The second-order valence-corrected chi connectivity index (χ2v) is 3.62. The molecule has 16 heavy (non-hydrogen) atoms. The van der Waals surface area contributed by atoms with Gasteiger partial charge in [0, 0.05) is 0 Å². The summed E-state index contributed by atoms with van der Waals surface area (Å²) in [5, 5.41) is 3.31. The van der Waals surface area contributed by atoms with Crippen LogP contribution in [0.25, 0.3) is 0 Å². The van der Waals surface area contributed by atoms with Gasteiger partial charge in [0.05, 0.1) is 12.3 Å². The molecule has 1 aromatic rings. The third kappa shape index (κ3) is 5.42. The monoisotopic (exact) mass is 246 g/mol. The molecular formula is C9H14N2O4S. The summed E-state index contributed by atoms with van der Waals surface area (Å²) < 4.78 is 36.7. The fourth-order valence-corrected chi connectivity index (χ4v) is 1.07. The molecule has 0 radical (unpaired) electrons. The maximum absolute atomic E-state index is 10.2. The summed E-state index contributed by atoms with van der Waals surface area (Å²) >= 11 is 0. The Labute approximate surface area is 94.9 Å². The Kier molecular flexibility index (Phi) is 5.62. The quantitative estimate of drug-likeness (QED) is 0.653. The van der Waals surface area contributed by atoms with E-state index in [1.807, 2.05) is 6.92 Å². The van der Waals surface area contributed by atoms with Gasteiger partial charge in [-0.15, -0.1) is 5.11 Å². The third-order valence-electron chi connectivity index (χ3n) is 1.41. The highest BCUT2D eigenvalue weighted by Gasteiger charge is 1.98. The molecule has 0 aromatic heterocycles. The molecule has 6 nitrogen and oxygen atoms in total. The lowest BCUT2D eigenvalue weighted by Crippen LogP contribution is -1.90. The fraction of sp³-hybridized carbons (Fsp3) is 0.333. The number of hydrogen-bond acceptors (Lipinski definition) is 4. The fourth-order valence-electron chi connectivity index (χ4n) is 0.874. The van der Waals surface area contributed by atoms with Gasteiger partial charge in [-0.25, -0.2) is 0 Å². The summed E-state index contributed by atoms with van der Waals surface area (Å²) in [7, 11) is -4.42. The molecule has 1 rings (SSSR count). The van der Waals surface area contributed by atoms with Crippen molar-refractivity contribution < 1.29 is 17.7 Å². The molecular weight excluding hydrogens is 232 g/mol. The van der Waals surface area contributed by atoms with Crippen molar-refractivity contribution in [2.75, 3.05) is 6.61 Å². The molecule has 0 aliphatic heterocycles. The Morgan fingerprint density at radius 1 is 1.31 bits per heavy atom. The highest BCUT2D eigenvalue weighted by molar-refractivity contribution is 7.84. The van der Waals surface area contributed by atoms with Crippen LogP contribution in [0.2, 0.25) is 0 Å². The number of hydrogen-bond donors (Lipinski definition) is 1. The van der Waals surface area contributed by atoms with E-state index in [4.69, 9.17) is 9.29 Å². The van der Waals surface area contributed by atoms with E-state index < -0.39 is 10.3 Å². The van der Waals surface area contributed by atoms with Crippen LogP contribution in [0.1, 0.15) is 14.4 Å². The van der Waals surface area contributed by atoms with Gasteiger partial charge in [0.15, 0.2) is 0 Å². The molecule has 0 bridgehead atoms. The van der Waals surface area contributed by atoms with Gasteiger partial charge in [0.2, 0.25) is 0 Å². The highest BCUT2D eigenvalue weighted by Crippen LogP contribution is 2.18. The van der Waals surface area contributed by atoms with Gasteiger partial charge < -0.3 is 4.74 Å². The number of ether oxygens (including phenoxy) is 1. The minimum Gasteiger partial charge on any atom is -0.494 e. The van der Waals surface area contributed by atoms with Crippen LogP contribution in [-0.2, 0) is 10.3 Å². The smallest absolute Gasteiger partial charge is 0.396 e. The van der Waals surface area contributed by atoms with Crippen LogP contribution in [0, 0.1) is 0 Å². The number of benzene rings is 1. The van der Waals surface area contributed by atoms with Crippen LogP contribution < -0.4 is 4.74 Å². The van der Waals surface area contributed by atoms with E-state index in [9.17, 15) is 8.42 Å². The maximum Gasteiger partial charge on any atom is 0.396 e. The Morgan fingerprint density at radius 2 is 1.88 bits per heavy atom. The van der Waals surface area contributed by atoms with Crippen molar-refractivity contribution in [3.8, 4) is 5.75 Å². The lowest BCUT2D eigenvalue weighted by Gasteiger charge is -2.01. The van der Waals surface area contributed by atoms with Crippen LogP contribution in [0.4, 0.5) is 5.69 Å². The van der Waals surface area contributed by atoms with Gasteiger partial charge >= 0.3 is 10.3 Å². The molecule has 1 aromatic carbocycles. The van der Waals surface area contributed by atoms with Crippen molar-refractivity contribution in [2.45, 2.75) is 14.4 Å². The zero-order valence-corrected chi connectivity index (χ0v) is 8.81. The first-order chi connectivity index (χ1) is 7.01. The summed E-state index contributed by atoms with van der Waals surface area (Å²) in [5.41, 5.74) is 0.316. The first kappa shape index (κ1) is 14.5. The van der Waals surface area contributed by atoms with Crippen molar-refractivity contribution >= 4 is 16.0 Å². The number of rotatable bonds is 4. The molecule has 0 aliphatic rings. The highest BCUT2D eigenvalue weighted by atomic mass is 32.2. The summed E-state index contributed by atoms with van der Waals surface area (Å²) in [6.45, 7) is 2.40. The van der Waals surface area contributed by atoms with Crippen molar-refractivity contribution in [3.05, 3.63) is 24.3 Å². The average Bonchev–Trinajstić information content (AvgIpc) is 2.16. The molecule has 0 atom stereocenters. The molecule has 0 aliphatic carbocycles. The van der Waals surface area contributed by atoms with E-state index in [2.05, 4.69) is 9.63 Å². The summed E-state index contributed by atoms with van der Waals surface area (Å²) in [5.74, 6) is 0.656. The molecule has 1 N–H and O–H groups in total. The van der Waals surface area contributed by atoms with E-state index in [0.717, 1.165) is 0 Å². The maximum atomic E-state index is 10.2. The zero-order valence-electron chi connectivity index (χ0n) is 7.99. The summed E-state index contributed by atoms with van der Waals surface area (Å²) in [6, 6.07) is 6.31. The third-order valence-corrected chi connectivity index (χ3v) is 1.70. The van der Waals surface area contributed by atoms with E-state index in [0.29, 0.717) is 18.0 Å². The molecule has 0 heterocycles. The van der Waals surface area contributed by atoms with Gasteiger partial charge in [-0.05, 0) is 35.7 Å². The lowest BCUT2D eigenvalue weighted by atomic mass is 10.3. The second kappa shape index (κ2) is 6.19. The van der Waals surface area contributed by atoms with Gasteiger partial charge in [0.25, 0.3) is 0 Å². The van der Waals surface area contributed by atoms with Gasteiger partial charge in [-0.2, -0.15) is 8.42 Å². The van der Waals surface area contributed by atoms with Crippen molar-refractivity contribution in [2.24, 2.45) is 9.63 Å². The predicted octanol–water partition coefficient (Wildman–Crippen LogP) is 2.61. The van der Waals surface area contributed by atoms with Crippen molar-refractivity contribution in [1.82, 2.24) is 0 Å². The minimum absolute atomic E-state index is 0. The van der Waals surface area contributed by atoms with E-state index in [1.54, 1.807) is 12.1 Å². The molecule has 0 unspecified atom stereocenters. The molecule has 0 spiro atoms. The molecule has 0 saturated carbocycles. The van der Waals surface area contributed by atoms with Crippen LogP contribution >= 0.6 is 0 Å². The van der Waals surface area contributed by atoms with Crippen LogP contribution in [0.3, 0.4) is 0 Å². The SMILES string of the molecule is C.CCOc1ccc(N=NS(=O)(=O)O)cc1. The van der Waals surface area contributed by atoms with E-state index in [-0.39, 0.29) is 7.43 Å². The topological polar surface area (TPSA) is 88.3 Å². The Morgan fingerprint density at radius 3 is 2.31 bits per heavy atom. The molecule has 90 valence electrons. The molecule has 0 fully saturated rings. The van der Waals surface area contributed by atoms with Crippen molar-refractivity contribution in [3.63, 3.8) is 0 Å². The minimum atomic E-state index is -4.42.